The Morgan fingerprint density at radius 3 is 2.76 bits per heavy atom. The van der Waals surface area contributed by atoms with Crippen LogP contribution in [0, 0.1) is 5.82 Å². The summed E-state index contributed by atoms with van der Waals surface area (Å²) in [5, 5.41) is 0. The molecule has 2 aliphatic rings. The number of fused-ring (bicyclic) bond motifs is 1. The maximum Gasteiger partial charge on any atom is 0.228 e. The largest absolute Gasteiger partial charge is 0.337 e. The maximum absolute atomic E-state index is 13.8. The van der Waals surface area contributed by atoms with Crippen LogP contribution in [0.15, 0.2) is 89.9 Å². The third-order valence-electron chi connectivity index (χ3n) is 7.71. The van der Waals surface area contributed by atoms with Crippen LogP contribution in [-0.2, 0) is 35.8 Å². The lowest BCUT2D eigenvalue weighted by molar-refractivity contribution is -0.119. The number of carbonyl (C=O) groups is 1. The summed E-state index contributed by atoms with van der Waals surface area (Å²) < 4.78 is 45.5. The molecule has 0 radical (unpaired) electrons. The predicted molar refractivity (Wildman–Crippen MR) is 158 cm³/mol. The fraction of sp³-hybridized carbons (Fsp3) is 0.312. The number of aryl methyl sites for hydroxylation is 2. The second-order valence-electron chi connectivity index (χ2n) is 10.6. The monoisotopic (exact) mass is 576 g/mol. The van der Waals surface area contributed by atoms with Crippen LogP contribution < -0.4 is 9.62 Å². The molecule has 2 aliphatic carbocycles. The van der Waals surface area contributed by atoms with Gasteiger partial charge in [-0.05, 0) is 84.4 Å². The summed E-state index contributed by atoms with van der Waals surface area (Å²) in [5.74, 6) is -0.108. The molecule has 0 bridgehead atoms. The van der Waals surface area contributed by atoms with Crippen molar-refractivity contribution >= 4 is 22.6 Å². The minimum Gasteiger partial charge on any atom is -0.337 e. The zero-order valence-electron chi connectivity index (χ0n) is 23.2. The van der Waals surface area contributed by atoms with E-state index in [4.69, 9.17) is 0 Å². The van der Waals surface area contributed by atoms with E-state index in [1.165, 1.54) is 24.3 Å². The van der Waals surface area contributed by atoms with Gasteiger partial charge in [0.15, 0.2) is 0 Å². The van der Waals surface area contributed by atoms with E-state index in [9.17, 15) is 17.8 Å². The Morgan fingerprint density at radius 1 is 1.20 bits per heavy atom. The number of hydrogen-bond donors (Lipinski definition) is 1. The van der Waals surface area contributed by atoms with Crippen molar-refractivity contribution in [3.63, 3.8) is 0 Å². The van der Waals surface area contributed by atoms with Crippen LogP contribution in [-0.4, -0.2) is 19.7 Å². The summed E-state index contributed by atoms with van der Waals surface area (Å²) in [7, 11) is 0.400. The lowest BCUT2D eigenvalue weighted by atomic mass is 9.87. The Morgan fingerprint density at radius 2 is 2.00 bits per heavy atom. The van der Waals surface area contributed by atoms with E-state index in [0.717, 1.165) is 47.5 Å². The number of halogens is 2. The number of amides is 1. The molecule has 3 atom stereocenters. The summed E-state index contributed by atoms with van der Waals surface area (Å²) >= 11 is 0. The van der Waals surface area contributed by atoms with E-state index in [0.29, 0.717) is 17.9 Å². The number of hydrogen-bond acceptors (Lipinski definition) is 3. The van der Waals surface area contributed by atoms with Crippen LogP contribution in [0.2, 0.25) is 0 Å². The van der Waals surface area contributed by atoms with E-state index in [1.807, 2.05) is 36.9 Å². The summed E-state index contributed by atoms with van der Waals surface area (Å²) in [6.07, 6.45) is 12.8. The zero-order chi connectivity index (χ0) is 28.9. The second-order valence-corrected chi connectivity index (χ2v) is 11.9. The van der Waals surface area contributed by atoms with Gasteiger partial charge < -0.3 is 9.47 Å². The summed E-state index contributed by atoms with van der Waals surface area (Å²) in [4.78, 5) is 20.6. The number of anilines is 1. The molecule has 1 aromatic heterocycles. The first kappa shape index (κ1) is 28.8. The standard InChI is InChI=1S/C32H34F2N4O2S/c1-22(23-9-12-26(34)13-10-23)19-32(39)38(21-31-35-17-18-37(31)2)27-15-11-24-5-3-8-30(29(24)20-27)36-41(40)28-7-4-6-25(33)14-16-28/h4,6,9-18,20,22,30,36H,3,5,7-8,19,21H2,1-2H3. The van der Waals surface area contributed by atoms with Gasteiger partial charge in [-0.15, -0.1) is 0 Å². The van der Waals surface area contributed by atoms with Gasteiger partial charge in [-0.1, -0.05) is 31.2 Å². The molecule has 5 rings (SSSR count). The molecule has 0 saturated heterocycles. The van der Waals surface area contributed by atoms with Gasteiger partial charge in [0.2, 0.25) is 5.91 Å². The van der Waals surface area contributed by atoms with Crippen LogP contribution in [0.1, 0.15) is 67.1 Å². The molecule has 6 nitrogen and oxygen atoms in total. The fourth-order valence-corrected chi connectivity index (χ4v) is 6.39. The molecule has 41 heavy (non-hydrogen) atoms. The van der Waals surface area contributed by atoms with Crippen LogP contribution in [0.3, 0.4) is 0 Å². The van der Waals surface area contributed by atoms with Crippen molar-refractivity contribution in [1.29, 1.82) is 0 Å². The average Bonchev–Trinajstić information content (AvgIpc) is 3.24. The molecule has 3 aromatic rings. The van der Waals surface area contributed by atoms with E-state index in [-0.39, 0.29) is 35.9 Å². The Hall–Kier alpha value is -3.69. The quantitative estimate of drug-likeness (QED) is 0.312. The molecule has 3 unspecified atom stereocenters. The van der Waals surface area contributed by atoms with E-state index in [2.05, 4.69) is 15.8 Å². The third kappa shape index (κ3) is 6.97. The van der Waals surface area contributed by atoms with E-state index < -0.39 is 11.0 Å². The molecule has 0 spiro atoms. The minimum atomic E-state index is -1.50. The van der Waals surface area contributed by atoms with Crippen LogP contribution in [0.4, 0.5) is 14.5 Å². The summed E-state index contributed by atoms with van der Waals surface area (Å²) in [6, 6.07) is 12.1. The Kier molecular flexibility index (Phi) is 9.05. The molecule has 0 saturated carbocycles. The molecular formula is C32H34F2N4O2S. The van der Waals surface area contributed by atoms with Crippen molar-refractivity contribution in [2.75, 3.05) is 4.90 Å². The lowest BCUT2D eigenvalue weighted by Crippen LogP contribution is -2.33. The highest BCUT2D eigenvalue weighted by molar-refractivity contribution is 7.87. The van der Waals surface area contributed by atoms with Crippen molar-refractivity contribution in [2.45, 2.75) is 57.5 Å². The number of imidazole rings is 1. The molecule has 214 valence electrons. The highest BCUT2D eigenvalue weighted by Crippen LogP contribution is 2.35. The normalized spacial score (nSPS) is 18.1. The Bertz CT molecular complexity index is 1530. The fourth-order valence-electron chi connectivity index (χ4n) is 5.30. The van der Waals surface area contributed by atoms with Gasteiger partial charge in [0, 0.05) is 48.9 Å². The number of carbonyl (C=O) groups excluding carboxylic acids is 1. The number of allylic oxidation sites excluding steroid dienone is 6. The Balaban J connectivity index is 1.42. The minimum absolute atomic E-state index is 0.0714. The molecule has 0 aliphatic heterocycles. The van der Waals surface area contributed by atoms with Gasteiger partial charge in [0.05, 0.1) is 6.54 Å². The molecule has 0 fully saturated rings. The predicted octanol–water partition coefficient (Wildman–Crippen LogP) is 6.61. The summed E-state index contributed by atoms with van der Waals surface area (Å²) in [6.45, 7) is 2.25. The summed E-state index contributed by atoms with van der Waals surface area (Å²) in [5.41, 5.74) is 3.80. The molecule has 9 heteroatoms. The number of nitrogens with zero attached hydrogens (tertiary/aromatic N) is 3. The van der Waals surface area contributed by atoms with E-state index >= 15 is 0 Å². The number of rotatable bonds is 9. The molecule has 1 heterocycles. The molecule has 2 aromatic carbocycles. The molecular weight excluding hydrogens is 542 g/mol. The average molecular weight is 577 g/mol. The molecule has 1 amide bonds. The van der Waals surface area contributed by atoms with Gasteiger partial charge >= 0.3 is 0 Å². The smallest absolute Gasteiger partial charge is 0.228 e. The van der Waals surface area contributed by atoms with Crippen molar-refractivity contribution < 1.29 is 17.8 Å². The highest BCUT2D eigenvalue weighted by Gasteiger charge is 2.27. The molecule has 1 N–H and O–H groups in total. The van der Waals surface area contributed by atoms with Crippen molar-refractivity contribution in [3.8, 4) is 0 Å². The van der Waals surface area contributed by atoms with Gasteiger partial charge in [-0.2, -0.15) is 0 Å². The highest BCUT2D eigenvalue weighted by atomic mass is 32.2. The topological polar surface area (TPSA) is 67.2 Å². The first-order valence-electron chi connectivity index (χ1n) is 13.8. The van der Waals surface area contributed by atoms with Crippen LogP contribution >= 0.6 is 0 Å². The van der Waals surface area contributed by atoms with Crippen LogP contribution in [0.5, 0.6) is 0 Å². The van der Waals surface area contributed by atoms with Gasteiger partial charge in [0.25, 0.3) is 0 Å². The zero-order valence-corrected chi connectivity index (χ0v) is 24.0. The lowest BCUT2D eigenvalue weighted by Gasteiger charge is -2.30. The van der Waals surface area contributed by atoms with Crippen molar-refractivity contribution in [2.24, 2.45) is 7.05 Å². The van der Waals surface area contributed by atoms with Gasteiger partial charge in [-0.25, -0.2) is 22.7 Å². The first-order valence-corrected chi connectivity index (χ1v) is 15.0. The maximum atomic E-state index is 13.8. The van der Waals surface area contributed by atoms with Crippen molar-refractivity contribution in [1.82, 2.24) is 14.3 Å². The van der Waals surface area contributed by atoms with Crippen LogP contribution in [0.25, 0.3) is 0 Å². The second kappa shape index (κ2) is 12.9. The number of benzene rings is 2. The van der Waals surface area contributed by atoms with E-state index in [1.54, 1.807) is 35.4 Å². The van der Waals surface area contributed by atoms with Gasteiger partial charge in [-0.3, -0.25) is 4.79 Å². The number of nitrogens with one attached hydrogen (secondary N) is 1. The first-order chi connectivity index (χ1) is 19.8. The Labute approximate surface area is 242 Å². The third-order valence-corrected chi connectivity index (χ3v) is 8.99. The van der Waals surface area contributed by atoms with Crippen molar-refractivity contribution in [3.05, 3.63) is 118 Å². The SMILES string of the molecule is CC(CC(=O)N(Cc1nccn1C)c1ccc2c(c1)C(NS(=O)C1=CC=C(F)C=CC1)CCC2)c1ccc(F)cc1. The number of aromatic nitrogens is 2. The van der Waals surface area contributed by atoms with Gasteiger partial charge in [0.1, 0.15) is 28.5 Å².